The molecule has 1 aliphatic heterocycles. The van der Waals surface area contributed by atoms with Crippen LogP contribution >= 0.6 is 0 Å². The molecule has 6 nitrogen and oxygen atoms in total. The molecule has 1 aliphatic carbocycles. The summed E-state index contributed by atoms with van der Waals surface area (Å²) in [5, 5.41) is 11.6. The van der Waals surface area contributed by atoms with Gasteiger partial charge in [-0.05, 0) is 37.0 Å². The topological polar surface area (TPSA) is 86.7 Å². The first-order chi connectivity index (χ1) is 9.66. The molecule has 0 aromatic carbocycles. The van der Waals surface area contributed by atoms with Gasteiger partial charge in [0.1, 0.15) is 12.1 Å². The van der Waals surface area contributed by atoms with Crippen LogP contribution in [0, 0.1) is 11.3 Å². The van der Waals surface area contributed by atoms with Gasteiger partial charge in [-0.2, -0.15) is 0 Å². The Morgan fingerprint density at radius 1 is 1.33 bits per heavy atom. The average molecular weight is 296 g/mol. The van der Waals surface area contributed by atoms with Gasteiger partial charge in [-0.3, -0.25) is 14.5 Å². The van der Waals surface area contributed by atoms with Crippen molar-refractivity contribution in [2.75, 3.05) is 6.54 Å². The van der Waals surface area contributed by atoms with Gasteiger partial charge in [0.15, 0.2) is 0 Å². The Morgan fingerprint density at radius 3 is 2.57 bits per heavy atom. The van der Waals surface area contributed by atoms with Crippen molar-refractivity contribution >= 4 is 17.9 Å². The number of hydrogen-bond acceptors (Lipinski definition) is 3. The molecule has 1 saturated carbocycles. The van der Waals surface area contributed by atoms with Crippen molar-refractivity contribution in [2.45, 2.75) is 58.4 Å². The van der Waals surface area contributed by atoms with Crippen molar-refractivity contribution in [1.29, 1.82) is 0 Å². The van der Waals surface area contributed by atoms with Gasteiger partial charge in [0, 0.05) is 0 Å². The largest absolute Gasteiger partial charge is 0.480 e. The molecule has 118 valence electrons. The SMILES string of the molecule is CC(C)(C)C1CCCC2(CC1)NC(=O)N(CC(=O)O)C2=O. The number of imide groups is 1. The van der Waals surface area contributed by atoms with E-state index in [-0.39, 0.29) is 11.3 Å². The first-order valence-electron chi connectivity index (χ1n) is 7.52. The summed E-state index contributed by atoms with van der Waals surface area (Å²) >= 11 is 0. The van der Waals surface area contributed by atoms with E-state index in [2.05, 4.69) is 26.1 Å². The number of carbonyl (C=O) groups is 3. The summed E-state index contributed by atoms with van der Waals surface area (Å²) in [5.41, 5.74) is -0.704. The number of urea groups is 1. The summed E-state index contributed by atoms with van der Waals surface area (Å²) in [6.07, 6.45) is 3.97. The van der Waals surface area contributed by atoms with Crippen LogP contribution < -0.4 is 5.32 Å². The lowest BCUT2D eigenvalue weighted by molar-refractivity contribution is -0.143. The summed E-state index contributed by atoms with van der Waals surface area (Å²) in [6, 6.07) is -0.573. The van der Waals surface area contributed by atoms with Crippen LogP contribution in [0.1, 0.15) is 52.9 Å². The smallest absolute Gasteiger partial charge is 0.325 e. The third-order valence-corrected chi connectivity index (χ3v) is 4.84. The monoisotopic (exact) mass is 296 g/mol. The number of nitrogens with one attached hydrogen (secondary N) is 1. The van der Waals surface area contributed by atoms with E-state index in [9.17, 15) is 14.4 Å². The number of rotatable bonds is 2. The number of hydrogen-bond donors (Lipinski definition) is 2. The molecule has 0 radical (unpaired) electrons. The molecular formula is C15H24N2O4. The van der Waals surface area contributed by atoms with E-state index in [1.165, 1.54) is 0 Å². The van der Waals surface area contributed by atoms with Gasteiger partial charge in [0.2, 0.25) is 0 Å². The van der Waals surface area contributed by atoms with Crippen LogP contribution in [0.2, 0.25) is 0 Å². The second-order valence-corrected chi connectivity index (χ2v) is 7.29. The fraction of sp³-hybridized carbons (Fsp3) is 0.800. The van der Waals surface area contributed by atoms with E-state index in [0.29, 0.717) is 18.8 Å². The fourth-order valence-corrected chi connectivity index (χ4v) is 3.50. The van der Waals surface area contributed by atoms with Crippen LogP contribution in [0.15, 0.2) is 0 Å². The summed E-state index contributed by atoms with van der Waals surface area (Å²) in [4.78, 5) is 36.1. The Morgan fingerprint density at radius 2 is 2.00 bits per heavy atom. The third-order valence-electron chi connectivity index (χ3n) is 4.84. The second-order valence-electron chi connectivity index (χ2n) is 7.29. The Hall–Kier alpha value is -1.59. The predicted octanol–water partition coefficient (Wildman–Crippen LogP) is 1.99. The molecule has 2 N–H and O–H groups in total. The van der Waals surface area contributed by atoms with Crippen molar-refractivity contribution < 1.29 is 19.5 Å². The summed E-state index contributed by atoms with van der Waals surface area (Å²) in [7, 11) is 0. The van der Waals surface area contributed by atoms with Crippen LogP contribution in [0.3, 0.4) is 0 Å². The number of amides is 3. The molecule has 3 amide bonds. The normalized spacial score (nSPS) is 30.4. The van der Waals surface area contributed by atoms with Crippen molar-refractivity contribution in [3.63, 3.8) is 0 Å². The Bertz CT molecular complexity index is 469. The molecule has 1 spiro atoms. The zero-order valence-electron chi connectivity index (χ0n) is 12.9. The Balaban J connectivity index is 2.15. The van der Waals surface area contributed by atoms with E-state index in [4.69, 9.17) is 5.11 Å². The van der Waals surface area contributed by atoms with E-state index < -0.39 is 24.1 Å². The van der Waals surface area contributed by atoms with Gasteiger partial charge in [-0.25, -0.2) is 4.79 Å². The number of nitrogens with zero attached hydrogens (tertiary/aromatic N) is 1. The number of carboxylic acids is 1. The lowest BCUT2D eigenvalue weighted by atomic mass is 9.76. The van der Waals surface area contributed by atoms with Gasteiger partial charge < -0.3 is 10.4 Å². The van der Waals surface area contributed by atoms with E-state index in [0.717, 1.165) is 24.2 Å². The average Bonchev–Trinajstić information content (AvgIpc) is 2.55. The molecule has 1 heterocycles. The van der Waals surface area contributed by atoms with E-state index in [1.807, 2.05) is 0 Å². The maximum absolute atomic E-state index is 12.5. The minimum absolute atomic E-state index is 0.179. The van der Waals surface area contributed by atoms with Gasteiger partial charge in [-0.15, -0.1) is 0 Å². The molecule has 21 heavy (non-hydrogen) atoms. The minimum Gasteiger partial charge on any atom is -0.480 e. The summed E-state index contributed by atoms with van der Waals surface area (Å²) < 4.78 is 0. The van der Waals surface area contributed by atoms with Crippen molar-refractivity contribution in [3.8, 4) is 0 Å². The highest BCUT2D eigenvalue weighted by Crippen LogP contribution is 2.41. The number of aliphatic carboxylic acids is 1. The fourth-order valence-electron chi connectivity index (χ4n) is 3.50. The maximum Gasteiger partial charge on any atom is 0.325 e. The lowest BCUT2D eigenvalue weighted by Crippen LogP contribution is -2.47. The summed E-state index contributed by atoms with van der Waals surface area (Å²) in [6.45, 7) is 6.03. The molecule has 0 bridgehead atoms. The van der Waals surface area contributed by atoms with Crippen LogP contribution in [0.25, 0.3) is 0 Å². The standard InChI is InChI=1S/C15H24N2O4/c1-14(2,3)10-5-4-7-15(8-6-10)12(20)17(9-11(18)19)13(21)16-15/h10H,4-9H2,1-3H3,(H,16,21)(H,18,19). The van der Waals surface area contributed by atoms with Crippen LogP contribution in [-0.2, 0) is 9.59 Å². The molecule has 1 saturated heterocycles. The van der Waals surface area contributed by atoms with Crippen LogP contribution in [-0.4, -0.2) is 40.0 Å². The van der Waals surface area contributed by atoms with E-state index >= 15 is 0 Å². The van der Waals surface area contributed by atoms with Gasteiger partial charge >= 0.3 is 12.0 Å². The Labute approximate surface area is 124 Å². The maximum atomic E-state index is 12.5. The number of carboxylic acid groups (broad SMARTS) is 1. The van der Waals surface area contributed by atoms with Gasteiger partial charge in [0.05, 0.1) is 0 Å². The van der Waals surface area contributed by atoms with Crippen molar-refractivity contribution in [1.82, 2.24) is 10.2 Å². The highest BCUT2D eigenvalue weighted by atomic mass is 16.4. The van der Waals surface area contributed by atoms with Crippen LogP contribution in [0.5, 0.6) is 0 Å². The van der Waals surface area contributed by atoms with Crippen LogP contribution in [0.4, 0.5) is 4.79 Å². The minimum atomic E-state index is -1.17. The first-order valence-corrected chi connectivity index (χ1v) is 7.52. The molecule has 6 heteroatoms. The molecule has 2 fully saturated rings. The molecule has 0 aromatic heterocycles. The third kappa shape index (κ3) is 3.04. The Kier molecular flexibility index (Phi) is 4.00. The zero-order valence-corrected chi connectivity index (χ0v) is 12.9. The molecule has 0 aromatic rings. The molecule has 2 rings (SSSR count). The zero-order chi connectivity index (χ0) is 15.8. The van der Waals surface area contributed by atoms with Crippen molar-refractivity contribution in [3.05, 3.63) is 0 Å². The molecule has 2 atom stereocenters. The van der Waals surface area contributed by atoms with Gasteiger partial charge in [0.25, 0.3) is 5.91 Å². The molecule has 2 unspecified atom stereocenters. The lowest BCUT2D eigenvalue weighted by Gasteiger charge is -2.30. The molecule has 2 aliphatic rings. The number of carbonyl (C=O) groups excluding carboxylic acids is 2. The van der Waals surface area contributed by atoms with Crippen molar-refractivity contribution in [2.24, 2.45) is 11.3 Å². The van der Waals surface area contributed by atoms with Gasteiger partial charge in [-0.1, -0.05) is 27.2 Å². The quantitative estimate of drug-likeness (QED) is 0.763. The summed E-state index contributed by atoms with van der Waals surface area (Å²) in [5.74, 6) is -1.03. The van der Waals surface area contributed by atoms with E-state index in [1.54, 1.807) is 0 Å². The predicted molar refractivity (Wildman–Crippen MR) is 76.6 cm³/mol. The highest BCUT2D eigenvalue weighted by Gasteiger charge is 2.52. The second kappa shape index (κ2) is 5.31. The molecular weight excluding hydrogens is 272 g/mol. The highest BCUT2D eigenvalue weighted by molar-refractivity contribution is 6.08. The first kappa shape index (κ1) is 15.8.